The fraction of sp³-hybridized carbons (Fsp3) is 0.364. The number of carboxylic acids is 1. The van der Waals surface area contributed by atoms with Crippen LogP contribution in [0, 0.1) is 13.8 Å². The van der Waals surface area contributed by atoms with Crippen LogP contribution in [0.15, 0.2) is 17.0 Å². The van der Waals surface area contributed by atoms with Gasteiger partial charge in [0.05, 0.1) is 0 Å². The summed E-state index contributed by atoms with van der Waals surface area (Å²) in [5.74, 6) is -0.343. The Morgan fingerprint density at radius 2 is 1.93 bits per heavy atom. The van der Waals surface area contributed by atoms with E-state index in [2.05, 4.69) is 0 Å². The van der Waals surface area contributed by atoms with Crippen LogP contribution >= 0.6 is 11.8 Å². The third-order valence-corrected chi connectivity index (χ3v) is 3.05. The van der Waals surface area contributed by atoms with Gasteiger partial charge in [0.25, 0.3) is 0 Å². The Morgan fingerprint density at radius 1 is 1.40 bits per heavy atom. The summed E-state index contributed by atoms with van der Waals surface area (Å²) in [5, 5.41) is 8.49. The Morgan fingerprint density at radius 3 is 2.33 bits per heavy atom. The number of aliphatic carboxylic acids is 1. The van der Waals surface area contributed by atoms with E-state index in [1.165, 1.54) is 4.90 Å². The van der Waals surface area contributed by atoms with Crippen molar-refractivity contribution in [3.63, 3.8) is 0 Å². The van der Waals surface area contributed by atoms with Crippen molar-refractivity contribution in [2.75, 3.05) is 12.9 Å². The third-order valence-electron chi connectivity index (χ3n) is 2.00. The number of thioether (sulfide) groups is 1. The van der Waals surface area contributed by atoms with Gasteiger partial charge in [-0.25, -0.2) is 4.79 Å². The standard InChI is InChI=1S/C11H14O3S/c1-7-4-9(14-6-10(12)13)5-8(2)11(7)15-3/h4-5H,6H2,1-3H3,(H,12,13). The molecule has 0 aliphatic carbocycles. The molecule has 3 nitrogen and oxygen atoms in total. The van der Waals surface area contributed by atoms with Gasteiger partial charge in [0, 0.05) is 4.90 Å². The zero-order valence-corrected chi connectivity index (χ0v) is 9.85. The predicted molar refractivity (Wildman–Crippen MR) is 60.8 cm³/mol. The number of hydrogen-bond donors (Lipinski definition) is 1. The van der Waals surface area contributed by atoms with Crippen LogP contribution in [0.25, 0.3) is 0 Å². The maximum Gasteiger partial charge on any atom is 0.341 e. The molecule has 0 aliphatic heterocycles. The van der Waals surface area contributed by atoms with Crippen molar-refractivity contribution in [1.82, 2.24) is 0 Å². The molecule has 82 valence electrons. The summed E-state index contributed by atoms with van der Waals surface area (Å²) in [6, 6.07) is 3.73. The Bertz CT molecular complexity index is 351. The molecule has 1 aromatic rings. The minimum absolute atomic E-state index is 0.294. The van der Waals surface area contributed by atoms with Gasteiger partial charge in [-0.15, -0.1) is 11.8 Å². The van der Waals surface area contributed by atoms with Crippen LogP contribution in [0.3, 0.4) is 0 Å². The Balaban J connectivity index is 2.88. The highest BCUT2D eigenvalue weighted by Gasteiger charge is 2.06. The lowest BCUT2D eigenvalue weighted by molar-refractivity contribution is -0.139. The summed E-state index contributed by atoms with van der Waals surface area (Å²) in [7, 11) is 0. The highest BCUT2D eigenvalue weighted by Crippen LogP contribution is 2.28. The number of rotatable bonds is 4. The smallest absolute Gasteiger partial charge is 0.341 e. The monoisotopic (exact) mass is 226 g/mol. The van der Waals surface area contributed by atoms with Gasteiger partial charge in [0.15, 0.2) is 6.61 Å². The number of benzene rings is 1. The van der Waals surface area contributed by atoms with Gasteiger partial charge in [-0.3, -0.25) is 0 Å². The molecule has 1 N–H and O–H groups in total. The molecular formula is C11H14O3S. The SMILES string of the molecule is CSc1c(C)cc(OCC(=O)O)cc1C. The van der Waals surface area contributed by atoms with Crippen molar-refractivity contribution >= 4 is 17.7 Å². The first-order valence-corrected chi connectivity index (χ1v) is 5.77. The molecule has 0 radical (unpaired) electrons. The Hall–Kier alpha value is -1.16. The van der Waals surface area contributed by atoms with Crippen molar-refractivity contribution in [3.05, 3.63) is 23.3 Å². The summed E-state index contributed by atoms with van der Waals surface area (Å²) < 4.78 is 5.12. The number of ether oxygens (including phenoxy) is 1. The lowest BCUT2D eigenvalue weighted by Gasteiger charge is -2.10. The van der Waals surface area contributed by atoms with E-state index in [0.717, 1.165) is 11.1 Å². The van der Waals surface area contributed by atoms with Crippen molar-refractivity contribution < 1.29 is 14.6 Å². The van der Waals surface area contributed by atoms with Crippen LogP contribution in [0.5, 0.6) is 5.75 Å². The van der Waals surface area contributed by atoms with E-state index in [9.17, 15) is 4.79 Å². The number of carboxylic acid groups (broad SMARTS) is 1. The maximum atomic E-state index is 10.3. The lowest BCUT2D eigenvalue weighted by Crippen LogP contribution is -2.09. The molecule has 0 spiro atoms. The molecular weight excluding hydrogens is 212 g/mol. The van der Waals surface area contributed by atoms with Crippen LogP contribution in [0.2, 0.25) is 0 Å². The van der Waals surface area contributed by atoms with Gasteiger partial charge in [0.1, 0.15) is 5.75 Å². The van der Waals surface area contributed by atoms with Crippen LogP contribution in [-0.2, 0) is 4.79 Å². The van der Waals surface area contributed by atoms with E-state index in [1.54, 1.807) is 11.8 Å². The quantitative estimate of drug-likeness (QED) is 0.801. The zero-order valence-electron chi connectivity index (χ0n) is 9.03. The predicted octanol–water partition coefficient (Wildman–Crippen LogP) is 2.49. The molecule has 4 heteroatoms. The van der Waals surface area contributed by atoms with Gasteiger partial charge in [-0.2, -0.15) is 0 Å². The van der Waals surface area contributed by atoms with Crippen molar-refractivity contribution in [1.29, 1.82) is 0 Å². The molecule has 1 rings (SSSR count). The second-order valence-electron chi connectivity index (χ2n) is 3.27. The van der Waals surface area contributed by atoms with Gasteiger partial charge in [0.2, 0.25) is 0 Å². The molecule has 0 aromatic heterocycles. The van der Waals surface area contributed by atoms with Crippen LogP contribution in [0.4, 0.5) is 0 Å². The van der Waals surface area contributed by atoms with Crippen LogP contribution in [0.1, 0.15) is 11.1 Å². The number of aryl methyl sites for hydroxylation is 2. The first kappa shape index (κ1) is 11.9. The summed E-state index contributed by atoms with van der Waals surface area (Å²) in [4.78, 5) is 11.6. The van der Waals surface area contributed by atoms with Crippen molar-refractivity contribution in [3.8, 4) is 5.75 Å². The second-order valence-corrected chi connectivity index (χ2v) is 4.09. The molecule has 0 aliphatic rings. The molecule has 0 saturated heterocycles. The fourth-order valence-electron chi connectivity index (χ4n) is 1.46. The van der Waals surface area contributed by atoms with Crippen molar-refractivity contribution in [2.24, 2.45) is 0 Å². The first-order chi connectivity index (χ1) is 7.04. The Kier molecular flexibility index (Phi) is 4.03. The molecule has 0 heterocycles. The summed E-state index contributed by atoms with van der Waals surface area (Å²) in [6.07, 6.45) is 2.02. The van der Waals surface area contributed by atoms with E-state index in [0.29, 0.717) is 5.75 Å². The van der Waals surface area contributed by atoms with E-state index in [1.807, 2.05) is 32.2 Å². The topological polar surface area (TPSA) is 46.5 Å². The molecule has 0 amide bonds. The minimum Gasteiger partial charge on any atom is -0.482 e. The van der Waals surface area contributed by atoms with E-state index >= 15 is 0 Å². The van der Waals surface area contributed by atoms with E-state index in [-0.39, 0.29) is 6.61 Å². The summed E-state index contributed by atoms with van der Waals surface area (Å²) in [6.45, 7) is 3.69. The largest absolute Gasteiger partial charge is 0.482 e. The minimum atomic E-state index is -0.959. The maximum absolute atomic E-state index is 10.3. The molecule has 1 aromatic carbocycles. The van der Waals surface area contributed by atoms with Crippen molar-refractivity contribution in [2.45, 2.75) is 18.7 Å². The zero-order chi connectivity index (χ0) is 11.4. The molecule has 0 atom stereocenters. The van der Waals surface area contributed by atoms with Gasteiger partial charge in [-0.05, 0) is 43.4 Å². The summed E-state index contributed by atoms with van der Waals surface area (Å²) >= 11 is 1.68. The summed E-state index contributed by atoms with van der Waals surface area (Å²) in [5.41, 5.74) is 2.23. The van der Waals surface area contributed by atoms with E-state index < -0.39 is 5.97 Å². The third kappa shape index (κ3) is 3.16. The molecule has 0 saturated carbocycles. The normalized spacial score (nSPS) is 10.1. The van der Waals surface area contributed by atoms with E-state index in [4.69, 9.17) is 9.84 Å². The van der Waals surface area contributed by atoms with Gasteiger partial charge < -0.3 is 9.84 Å². The highest BCUT2D eigenvalue weighted by atomic mass is 32.2. The molecule has 0 unspecified atom stereocenters. The van der Waals surface area contributed by atoms with Crippen LogP contribution < -0.4 is 4.74 Å². The highest BCUT2D eigenvalue weighted by molar-refractivity contribution is 7.98. The van der Waals surface area contributed by atoms with Crippen LogP contribution in [-0.4, -0.2) is 23.9 Å². The fourth-order valence-corrected chi connectivity index (χ4v) is 2.22. The second kappa shape index (κ2) is 5.07. The number of hydrogen-bond acceptors (Lipinski definition) is 3. The average Bonchev–Trinajstić information content (AvgIpc) is 2.14. The molecule has 0 bridgehead atoms. The molecule has 0 fully saturated rings. The number of carbonyl (C=O) groups is 1. The van der Waals surface area contributed by atoms with Gasteiger partial charge in [-0.1, -0.05) is 0 Å². The lowest BCUT2D eigenvalue weighted by atomic mass is 10.1. The Labute approximate surface area is 93.4 Å². The van der Waals surface area contributed by atoms with Gasteiger partial charge >= 0.3 is 5.97 Å². The average molecular weight is 226 g/mol. The first-order valence-electron chi connectivity index (χ1n) is 4.54. The molecule has 15 heavy (non-hydrogen) atoms.